The molecule has 0 radical (unpaired) electrons. The van der Waals surface area contributed by atoms with Crippen molar-refractivity contribution < 1.29 is 4.42 Å². The molecule has 3 aromatic rings. The molecule has 172 valence electrons. The minimum Gasteiger partial charge on any atom is -0.423 e. The van der Waals surface area contributed by atoms with Crippen molar-refractivity contribution in [2.45, 2.75) is 77.9 Å². The lowest BCUT2D eigenvalue weighted by atomic mass is 10.0. The van der Waals surface area contributed by atoms with Crippen molar-refractivity contribution in [1.29, 1.82) is 0 Å². The molecule has 4 nitrogen and oxygen atoms in total. The number of aromatic nitrogens is 1. The number of hydrogen-bond acceptors (Lipinski definition) is 4. The summed E-state index contributed by atoms with van der Waals surface area (Å²) in [5.74, 6) is 0. The van der Waals surface area contributed by atoms with E-state index in [1.54, 1.807) is 0 Å². The number of nitrogens with zero attached hydrogens (tertiary/aromatic N) is 2. The molecule has 1 heterocycles. The Balaban J connectivity index is 1.97. The highest BCUT2D eigenvalue weighted by Gasteiger charge is 2.29. The quantitative estimate of drug-likeness (QED) is 0.244. The number of unbranched alkanes of at least 4 members (excludes halogenated alkanes) is 3. The molecule has 0 amide bonds. The van der Waals surface area contributed by atoms with Crippen molar-refractivity contribution in [3.8, 4) is 0 Å². The van der Waals surface area contributed by atoms with Crippen LogP contribution in [0, 0.1) is 0 Å². The number of halogens is 1. The van der Waals surface area contributed by atoms with Crippen molar-refractivity contribution >= 4 is 45.9 Å². The van der Waals surface area contributed by atoms with Crippen LogP contribution >= 0.6 is 23.8 Å². The molecular weight excluding hydrogens is 438 g/mol. The Hall–Kier alpha value is -2.11. The molecule has 2 aromatic carbocycles. The number of anilines is 1. The monoisotopic (exact) mass is 471 g/mol. The van der Waals surface area contributed by atoms with Gasteiger partial charge in [-0.2, -0.15) is 4.98 Å². The molecule has 0 fully saturated rings. The largest absolute Gasteiger partial charge is 0.423 e. The van der Waals surface area contributed by atoms with E-state index in [-0.39, 0.29) is 11.6 Å². The molecule has 0 aliphatic heterocycles. The second-order valence-electron chi connectivity index (χ2n) is 9.32. The lowest BCUT2D eigenvalue weighted by Gasteiger charge is -2.34. The summed E-state index contributed by atoms with van der Waals surface area (Å²) in [7, 11) is 0. The summed E-state index contributed by atoms with van der Waals surface area (Å²) in [5, 5.41) is 4.26. The minimum atomic E-state index is -0.119. The second kappa shape index (κ2) is 11.2. The van der Waals surface area contributed by atoms with Crippen LogP contribution in [-0.2, 0) is 6.54 Å². The van der Waals surface area contributed by atoms with E-state index in [0.29, 0.717) is 12.6 Å². The molecule has 0 aliphatic rings. The predicted octanol–water partition coefficient (Wildman–Crippen LogP) is 7.54. The highest BCUT2D eigenvalue weighted by molar-refractivity contribution is 7.80. The topological polar surface area (TPSA) is 41.3 Å². The molecule has 1 atom stereocenters. The standard InChI is InChI=1S/C26H34ClN3OS/c1-5-6-7-8-12-22(24(32)29-26(2,3)4)30(18-19-14-16-20(27)17-15-19)25-28-21-11-9-10-13-23(21)31-25/h9-11,13-17,22H,5-8,12,18H2,1-4H3,(H,29,32). The molecule has 0 spiro atoms. The fourth-order valence-electron chi connectivity index (χ4n) is 3.73. The van der Waals surface area contributed by atoms with Gasteiger partial charge in [0.05, 0.1) is 11.0 Å². The van der Waals surface area contributed by atoms with Crippen LogP contribution in [0.3, 0.4) is 0 Å². The molecule has 0 saturated carbocycles. The van der Waals surface area contributed by atoms with Gasteiger partial charge in [-0.05, 0) is 57.0 Å². The molecule has 0 bridgehead atoms. The first kappa shape index (κ1) is 24.5. The van der Waals surface area contributed by atoms with Crippen molar-refractivity contribution in [2.75, 3.05) is 4.90 Å². The zero-order valence-electron chi connectivity index (χ0n) is 19.5. The molecule has 1 unspecified atom stereocenters. The van der Waals surface area contributed by atoms with Gasteiger partial charge < -0.3 is 14.6 Å². The van der Waals surface area contributed by atoms with E-state index in [1.165, 1.54) is 19.3 Å². The van der Waals surface area contributed by atoms with Crippen molar-refractivity contribution in [3.63, 3.8) is 0 Å². The van der Waals surface area contributed by atoms with Gasteiger partial charge in [0.2, 0.25) is 0 Å². The minimum absolute atomic E-state index is 0.0233. The molecule has 32 heavy (non-hydrogen) atoms. The maximum Gasteiger partial charge on any atom is 0.299 e. The molecule has 6 heteroatoms. The van der Waals surface area contributed by atoms with Gasteiger partial charge in [0.15, 0.2) is 5.58 Å². The van der Waals surface area contributed by atoms with E-state index in [4.69, 9.17) is 33.2 Å². The lowest BCUT2D eigenvalue weighted by Crippen LogP contribution is -2.51. The Morgan fingerprint density at radius 2 is 1.81 bits per heavy atom. The summed E-state index contributed by atoms with van der Waals surface area (Å²) >= 11 is 12.1. The van der Waals surface area contributed by atoms with E-state index in [1.807, 2.05) is 48.5 Å². The number of hydrogen-bond donors (Lipinski definition) is 1. The van der Waals surface area contributed by atoms with E-state index in [0.717, 1.165) is 39.5 Å². The maximum absolute atomic E-state index is 6.22. The van der Waals surface area contributed by atoms with Gasteiger partial charge >= 0.3 is 0 Å². The van der Waals surface area contributed by atoms with Crippen LogP contribution in [0.4, 0.5) is 6.01 Å². The van der Waals surface area contributed by atoms with Crippen LogP contribution in [0.1, 0.15) is 65.4 Å². The number of nitrogens with one attached hydrogen (secondary N) is 1. The number of rotatable bonds is 10. The molecule has 1 N–H and O–H groups in total. The molecule has 0 aliphatic carbocycles. The van der Waals surface area contributed by atoms with Gasteiger partial charge in [0.25, 0.3) is 6.01 Å². The third-order valence-electron chi connectivity index (χ3n) is 5.30. The van der Waals surface area contributed by atoms with Crippen LogP contribution in [-0.4, -0.2) is 21.6 Å². The van der Waals surface area contributed by atoms with Crippen molar-refractivity contribution in [3.05, 3.63) is 59.1 Å². The van der Waals surface area contributed by atoms with Crippen molar-refractivity contribution in [2.24, 2.45) is 0 Å². The molecule has 0 saturated heterocycles. The summed E-state index contributed by atoms with van der Waals surface area (Å²) in [6, 6.07) is 16.4. The smallest absolute Gasteiger partial charge is 0.299 e. The van der Waals surface area contributed by atoms with Gasteiger partial charge in [-0.15, -0.1) is 0 Å². The van der Waals surface area contributed by atoms with Crippen LogP contribution in [0.5, 0.6) is 0 Å². The zero-order chi connectivity index (χ0) is 23.1. The van der Waals surface area contributed by atoms with E-state index < -0.39 is 0 Å². The fraction of sp³-hybridized carbons (Fsp3) is 0.462. The third-order valence-corrected chi connectivity index (χ3v) is 5.93. The summed E-state index contributed by atoms with van der Waals surface area (Å²) in [6.07, 6.45) is 5.66. The Morgan fingerprint density at radius 1 is 1.09 bits per heavy atom. The number of thiocarbonyl (C=S) groups is 1. The van der Waals surface area contributed by atoms with Crippen LogP contribution in [0.2, 0.25) is 5.02 Å². The van der Waals surface area contributed by atoms with Crippen LogP contribution in [0.15, 0.2) is 52.9 Å². The maximum atomic E-state index is 6.22. The van der Waals surface area contributed by atoms with Crippen LogP contribution in [0.25, 0.3) is 11.1 Å². The average Bonchev–Trinajstić information content (AvgIpc) is 3.16. The number of oxazole rings is 1. The van der Waals surface area contributed by atoms with Crippen molar-refractivity contribution in [1.82, 2.24) is 10.3 Å². The first-order chi connectivity index (χ1) is 15.3. The van der Waals surface area contributed by atoms with Crippen LogP contribution < -0.4 is 10.2 Å². The summed E-state index contributed by atoms with van der Waals surface area (Å²) < 4.78 is 6.22. The fourth-order valence-corrected chi connectivity index (χ4v) is 4.40. The summed E-state index contributed by atoms with van der Waals surface area (Å²) in [4.78, 5) is 7.85. The molecule has 1 aromatic heterocycles. The number of benzene rings is 2. The van der Waals surface area contributed by atoms with Gasteiger partial charge in [-0.25, -0.2) is 0 Å². The number of para-hydroxylation sites is 2. The van der Waals surface area contributed by atoms with E-state index in [2.05, 4.69) is 37.9 Å². The Bertz CT molecular complexity index is 977. The Labute approximate surface area is 202 Å². The highest BCUT2D eigenvalue weighted by Crippen LogP contribution is 2.28. The predicted molar refractivity (Wildman–Crippen MR) is 140 cm³/mol. The Kier molecular flexibility index (Phi) is 8.55. The molecule has 3 rings (SSSR count). The first-order valence-corrected chi connectivity index (χ1v) is 12.2. The zero-order valence-corrected chi connectivity index (χ0v) is 21.1. The SMILES string of the molecule is CCCCCCC(C(=S)NC(C)(C)C)N(Cc1ccc(Cl)cc1)c1nc2ccccc2o1. The van der Waals surface area contributed by atoms with Gasteiger partial charge in [-0.3, -0.25) is 0 Å². The first-order valence-electron chi connectivity index (χ1n) is 11.5. The number of fused-ring (bicyclic) bond motifs is 1. The lowest BCUT2D eigenvalue weighted by molar-refractivity contribution is 0.480. The van der Waals surface area contributed by atoms with E-state index >= 15 is 0 Å². The average molecular weight is 472 g/mol. The highest BCUT2D eigenvalue weighted by atomic mass is 35.5. The van der Waals surface area contributed by atoms with Gasteiger partial charge in [-0.1, -0.05) is 80.7 Å². The second-order valence-corrected chi connectivity index (χ2v) is 10.2. The van der Waals surface area contributed by atoms with Gasteiger partial charge in [0.1, 0.15) is 5.52 Å². The van der Waals surface area contributed by atoms with E-state index in [9.17, 15) is 0 Å². The van der Waals surface area contributed by atoms with Gasteiger partial charge in [0, 0.05) is 17.1 Å². The normalized spacial score (nSPS) is 12.7. The third kappa shape index (κ3) is 6.94. The Morgan fingerprint density at radius 3 is 2.47 bits per heavy atom. The molecular formula is C26H34ClN3OS. The summed E-state index contributed by atoms with van der Waals surface area (Å²) in [5.41, 5.74) is 2.64. The summed E-state index contributed by atoms with van der Waals surface area (Å²) in [6.45, 7) is 9.27.